The molecule has 0 aromatic carbocycles. The van der Waals surface area contributed by atoms with Crippen LogP contribution in [0.3, 0.4) is 0 Å². The van der Waals surface area contributed by atoms with Crippen LogP contribution in [0.2, 0.25) is 0 Å². The van der Waals surface area contributed by atoms with Crippen LogP contribution in [0, 0.1) is 5.41 Å². The van der Waals surface area contributed by atoms with Crippen molar-refractivity contribution in [3.05, 3.63) is 0 Å². The number of rotatable bonds is 6. The highest BCUT2D eigenvalue weighted by Gasteiger charge is 2.42. The van der Waals surface area contributed by atoms with E-state index < -0.39 is 0 Å². The molecule has 0 aliphatic heterocycles. The molecule has 3 unspecified atom stereocenters. The second-order valence-electron chi connectivity index (χ2n) is 6.47. The summed E-state index contributed by atoms with van der Waals surface area (Å²) in [7, 11) is 0. The van der Waals surface area contributed by atoms with E-state index in [1.807, 2.05) is 0 Å². The van der Waals surface area contributed by atoms with E-state index in [1.165, 1.54) is 38.6 Å². The lowest BCUT2D eigenvalue weighted by Crippen LogP contribution is -2.52. The van der Waals surface area contributed by atoms with Gasteiger partial charge < -0.3 is 5.73 Å². The molecule has 0 saturated heterocycles. The minimum Gasteiger partial charge on any atom is -0.326 e. The third-order valence-corrected chi connectivity index (χ3v) is 4.75. The molecule has 3 atom stereocenters. The summed E-state index contributed by atoms with van der Waals surface area (Å²) in [5, 5.41) is 0. The zero-order valence-corrected chi connectivity index (χ0v) is 12.5. The second-order valence-corrected chi connectivity index (χ2v) is 6.47. The lowest BCUT2D eigenvalue weighted by atomic mass is 9.87. The van der Waals surface area contributed by atoms with Crippen molar-refractivity contribution in [3.8, 4) is 0 Å². The number of nitrogens with two attached hydrogens (primary N) is 1. The van der Waals surface area contributed by atoms with Gasteiger partial charge in [-0.05, 0) is 44.6 Å². The van der Waals surface area contributed by atoms with Crippen molar-refractivity contribution < 1.29 is 0 Å². The zero-order valence-electron chi connectivity index (χ0n) is 12.5. The van der Waals surface area contributed by atoms with Crippen LogP contribution in [0.4, 0.5) is 0 Å². The van der Waals surface area contributed by atoms with E-state index in [0.717, 1.165) is 0 Å². The first-order valence-corrected chi connectivity index (χ1v) is 7.45. The molecule has 0 bridgehead atoms. The van der Waals surface area contributed by atoms with E-state index in [0.29, 0.717) is 23.5 Å². The SMILES string of the molecule is CCCCN(C(C)CC)C1CCC(C)(C)C1N. The molecule has 1 aliphatic carbocycles. The smallest absolute Gasteiger partial charge is 0.0255 e. The Hall–Kier alpha value is -0.0800. The Morgan fingerprint density at radius 2 is 2.00 bits per heavy atom. The maximum absolute atomic E-state index is 6.48. The Morgan fingerprint density at radius 3 is 2.41 bits per heavy atom. The van der Waals surface area contributed by atoms with Crippen LogP contribution in [0.1, 0.15) is 66.7 Å². The lowest BCUT2D eigenvalue weighted by Gasteiger charge is -2.38. The van der Waals surface area contributed by atoms with E-state index in [-0.39, 0.29) is 0 Å². The zero-order chi connectivity index (χ0) is 13.1. The van der Waals surface area contributed by atoms with Gasteiger partial charge in [0, 0.05) is 18.1 Å². The summed E-state index contributed by atoms with van der Waals surface area (Å²) in [6.07, 6.45) is 6.36. The Morgan fingerprint density at radius 1 is 1.35 bits per heavy atom. The van der Waals surface area contributed by atoms with Crippen molar-refractivity contribution in [2.75, 3.05) is 6.54 Å². The Bertz CT molecular complexity index is 225. The van der Waals surface area contributed by atoms with Gasteiger partial charge in [-0.25, -0.2) is 0 Å². The standard InChI is InChI=1S/C15H32N2/c1-6-8-11-17(12(3)7-2)13-9-10-15(4,5)14(13)16/h12-14H,6-11,16H2,1-5H3. The van der Waals surface area contributed by atoms with Gasteiger partial charge in [-0.3, -0.25) is 4.90 Å². The Labute approximate surface area is 108 Å². The molecule has 0 aromatic rings. The molecule has 2 N–H and O–H groups in total. The monoisotopic (exact) mass is 240 g/mol. The molecule has 102 valence electrons. The maximum atomic E-state index is 6.48. The van der Waals surface area contributed by atoms with Crippen LogP contribution < -0.4 is 5.73 Å². The van der Waals surface area contributed by atoms with Crippen molar-refractivity contribution in [3.63, 3.8) is 0 Å². The van der Waals surface area contributed by atoms with Gasteiger partial charge in [-0.2, -0.15) is 0 Å². The molecular weight excluding hydrogens is 208 g/mol. The van der Waals surface area contributed by atoms with Crippen LogP contribution in [0.15, 0.2) is 0 Å². The summed E-state index contributed by atoms with van der Waals surface area (Å²) in [5.74, 6) is 0. The predicted molar refractivity (Wildman–Crippen MR) is 76.1 cm³/mol. The molecule has 1 saturated carbocycles. The predicted octanol–water partition coefficient (Wildman–Crippen LogP) is 3.40. The lowest BCUT2D eigenvalue weighted by molar-refractivity contribution is 0.116. The Balaban J connectivity index is 2.70. The third kappa shape index (κ3) is 3.45. The van der Waals surface area contributed by atoms with Gasteiger partial charge in [0.2, 0.25) is 0 Å². The topological polar surface area (TPSA) is 29.3 Å². The summed E-state index contributed by atoms with van der Waals surface area (Å²) in [6, 6.07) is 1.62. The van der Waals surface area contributed by atoms with Crippen molar-refractivity contribution in [1.82, 2.24) is 4.90 Å². The van der Waals surface area contributed by atoms with Gasteiger partial charge in [-0.15, -0.1) is 0 Å². The third-order valence-electron chi connectivity index (χ3n) is 4.75. The highest BCUT2D eigenvalue weighted by Crippen LogP contribution is 2.39. The van der Waals surface area contributed by atoms with Crippen molar-refractivity contribution in [2.24, 2.45) is 11.1 Å². The molecule has 1 aliphatic rings. The summed E-state index contributed by atoms with van der Waals surface area (Å²) >= 11 is 0. The first-order chi connectivity index (χ1) is 7.94. The molecule has 0 heterocycles. The molecule has 0 aromatic heterocycles. The largest absolute Gasteiger partial charge is 0.326 e. The molecular formula is C15H32N2. The maximum Gasteiger partial charge on any atom is 0.0255 e. The average molecular weight is 240 g/mol. The fourth-order valence-corrected chi connectivity index (χ4v) is 3.05. The normalized spacial score (nSPS) is 29.8. The molecule has 0 amide bonds. The molecule has 17 heavy (non-hydrogen) atoms. The van der Waals surface area contributed by atoms with Crippen molar-refractivity contribution in [2.45, 2.75) is 84.8 Å². The van der Waals surface area contributed by atoms with Gasteiger partial charge in [0.05, 0.1) is 0 Å². The van der Waals surface area contributed by atoms with Gasteiger partial charge in [0.15, 0.2) is 0 Å². The number of hydrogen-bond acceptors (Lipinski definition) is 2. The molecule has 2 heteroatoms. The van der Waals surface area contributed by atoms with Crippen LogP contribution in [0.5, 0.6) is 0 Å². The highest BCUT2D eigenvalue weighted by molar-refractivity contribution is 5.00. The van der Waals surface area contributed by atoms with Gasteiger partial charge in [0.25, 0.3) is 0 Å². The summed E-state index contributed by atoms with van der Waals surface area (Å²) < 4.78 is 0. The van der Waals surface area contributed by atoms with Gasteiger partial charge >= 0.3 is 0 Å². The quantitative estimate of drug-likeness (QED) is 0.771. The minimum atomic E-state index is 0.322. The van der Waals surface area contributed by atoms with Crippen LogP contribution >= 0.6 is 0 Å². The van der Waals surface area contributed by atoms with E-state index in [2.05, 4.69) is 39.5 Å². The molecule has 0 spiro atoms. The first-order valence-electron chi connectivity index (χ1n) is 7.45. The fraction of sp³-hybridized carbons (Fsp3) is 1.00. The number of nitrogens with zero attached hydrogens (tertiary/aromatic N) is 1. The van der Waals surface area contributed by atoms with Crippen LogP contribution in [-0.4, -0.2) is 29.6 Å². The van der Waals surface area contributed by atoms with E-state index >= 15 is 0 Å². The second kappa shape index (κ2) is 6.19. The molecule has 1 fully saturated rings. The van der Waals surface area contributed by atoms with Crippen molar-refractivity contribution in [1.29, 1.82) is 0 Å². The molecule has 1 rings (SSSR count). The van der Waals surface area contributed by atoms with E-state index in [1.54, 1.807) is 0 Å². The fourth-order valence-electron chi connectivity index (χ4n) is 3.05. The van der Waals surface area contributed by atoms with E-state index in [9.17, 15) is 0 Å². The number of hydrogen-bond donors (Lipinski definition) is 1. The summed E-state index contributed by atoms with van der Waals surface area (Å²) in [4.78, 5) is 2.68. The first kappa shape index (κ1) is 15.0. The van der Waals surface area contributed by atoms with Gasteiger partial charge in [0.1, 0.15) is 0 Å². The summed E-state index contributed by atoms with van der Waals surface area (Å²) in [5.41, 5.74) is 6.80. The van der Waals surface area contributed by atoms with Crippen LogP contribution in [-0.2, 0) is 0 Å². The Kier molecular flexibility index (Phi) is 5.46. The highest BCUT2D eigenvalue weighted by atomic mass is 15.2. The van der Waals surface area contributed by atoms with Gasteiger partial charge in [-0.1, -0.05) is 34.1 Å². The number of unbranched alkanes of at least 4 members (excludes halogenated alkanes) is 1. The van der Waals surface area contributed by atoms with E-state index in [4.69, 9.17) is 5.73 Å². The van der Waals surface area contributed by atoms with Crippen molar-refractivity contribution >= 4 is 0 Å². The average Bonchev–Trinajstić information content (AvgIpc) is 2.56. The molecule has 0 radical (unpaired) electrons. The van der Waals surface area contributed by atoms with Crippen LogP contribution in [0.25, 0.3) is 0 Å². The molecule has 2 nitrogen and oxygen atoms in total. The minimum absolute atomic E-state index is 0.322. The summed E-state index contributed by atoms with van der Waals surface area (Å²) in [6.45, 7) is 12.8.